The van der Waals surface area contributed by atoms with Crippen LogP contribution in [0.5, 0.6) is 0 Å². The van der Waals surface area contributed by atoms with Gasteiger partial charge in [-0.25, -0.2) is 9.18 Å². The Kier molecular flexibility index (Phi) is 5.60. The Hall–Kier alpha value is -2.47. The minimum absolute atomic E-state index is 0.0744. The number of aromatic nitrogens is 1. The maximum atomic E-state index is 13.0. The lowest BCUT2D eigenvalue weighted by Gasteiger charge is -2.34. The predicted octanol–water partition coefficient (Wildman–Crippen LogP) is 2.88. The number of hydrogen-bond donors (Lipinski definition) is 2. The first kappa shape index (κ1) is 17.4. The number of nitrogens with zero attached hydrogens (tertiary/aromatic N) is 2. The zero-order valence-electron chi connectivity index (χ0n) is 13.9. The highest BCUT2D eigenvalue weighted by atomic mass is 19.1. The zero-order chi connectivity index (χ0) is 17.6. The molecule has 2 aromatic rings. The van der Waals surface area contributed by atoms with Gasteiger partial charge in [0.1, 0.15) is 5.82 Å². The van der Waals surface area contributed by atoms with Crippen LogP contribution in [-0.4, -0.2) is 34.1 Å². The van der Waals surface area contributed by atoms with Crippen LogP contribution in [-0.2, 0) is 6.54 Å². The first-order valence-electron chi connectivity index (χ1n) is 8.49. The van der Waals surface area contributed by atoms with E-state index in [4.69, 9.17) is 0 Å². The van der Waals surface area contributed by atoms with Gasteiger partial charge in [0.15, 0.2) is 0 Å². The Morgan fingerprint density at radius 2 is 1.96 bits per heavy atom. The molecule has 0 saturated carbocycles. The number of likely N-dealkylation sites (tertiary alicyclic amines) is 1. The maximum absolute atomic E-state index is 13.0. The second-order valence-electron chi connectivity index (χ2n) is 6.30. The highest BCUT2D eigenvalue weighted by molar-refractivity contribution is 5.74. The number of benzene rings is 1. The van der Waals surface area contributed by atoms with Crippen molar-refractivity contribution in [2.24, 2.45) is 5.92 Å². The van der Waals surface area contributed by atoms with E-state index in [-0.39, 0.29) is 17.8 Å². The van der Waals surface area contributed by atoms with Crippen LogP contribution in [0.25, 0.3) is 0 Å². The Labute approximate surface area is 146 Å². The number of carbonyl (C=O) groups is 1. The molecule has 1 saturated heterocycles. The van der Waals surface area contributed by atoms with Gasteiger partial charge in [0.2, 0.25) is 0 Å². The smallest absolute Gasteiger partial charge is 0.317 e. The van der Waals surface area contributed by atoms with Crippen LogP contribution >= 0.6 is 0 Å². The SMILES string of the molecule is O=C(NCc1ccccn1)N1CCC(C(O)c2ccc(F)cc2)CC1. The number of aliphatic hydroxyl groups excluding tert-OH is 1. The molecule has 5 nitrogen and oxygen atoms in total. The average Bonchev–Trinajstić information content (AvgIpc) is 2.67. The number of amides is 2. The van der Waals surface area contributed by atoms with Crippen LogP contribution in [0.1, 0.15) is 30.2 Å². The lowest BCUT2D eigenvalue weighted by molar-refractivity contribution is 0.0664. The summed E-state index contributed by atoms with van der Waals surface area (Å²) in [5.41, 5.74) is 1.54. The van der Waals surface area contributed by atoms with Crippen molar-refractivity contribution in [1.29, 1.82) is 0 Å². The van der Waals surface area contributed by atoms with E-state index < -0.39 is 6.10 Å². The van der Waals surface area contributed by atoms with Gasteiger partial charge in [-0.15, -0.1) is 0 Å². The van der Waals surface area contributed by atoms with Gasteiger partial charge in [0.25, 0.3) is 0 Å². The van der Waals surface area contributed by atoms with Crippen LogP contribution in [0.15, 0.2) is 48.7 Å². The summed E-state index contributed by atoms with van der Waals surface area (Å²) < 4.78 is 13.0. The Balaban J connectivity index is 1.47. The molecule has 0 bridgehead atoms. The molecule has 1 aliphatic rings. The van der Waals surface area contributed by atoms with E-state index in [0.29, 0.717) is 19.6 Å². The number of pyridine rings is 1. The standard InChI is InChI=1S/C19H22FN3O2/c20-16-6-4-14(5-7-16)18(24)15-8-11-23(12-9-15)19(25)22-13-17-3-1-2-10-21-17/h1-7,10,15,18,24H,8-9,11-13H2,(H,22,25). The first-order chi connectivity index (χ1) is 12.1. The fraction of sp³-hybridized carbons (Fsp3) is 0.368. The number of nitrogens with one attached hydrogen (secondary N) is 1. The van der Waals surface area contributed by atoms with Gasteiger partial charge < -0.3 is 15.3 Å². The van der Waals surface area contributed by atoms with Crippen molar-refractivity contribution in [3.8, 4) is 0 Å². The third-order valence-corrected chi connectivity index (χ3v) is 4.63. The van der Waals surface area contributed by atoms with E-state index >= 15 is 0 Å². The predicted molar refractivity (Wildman–Crippen MR) is 92.1 cm³/mol. The zero-order valence-corrected chi connectivity index (χ0v) is 13.9. The summed E-state index contributed by atoms with van der Waals surface area (Å²) in [5.74, 6) is -0.236. The molecule has 1 aromatic heterocycles. The Morgan fingerprint density at radius 1 is 1.24 bits per heavy atom. The first-order valence-corrected chi connectivity index (χ1v) is 8.49. The summed E-state index contributed by atoms with van der Waals surface area (Å²) in [6, 6.07) is 11.4. The van der Waals surface area contributed by atoms with Crippen LogP contribution in [0.2, 0.25) is 0 Å². The molecule has 0 aliphatic carbocycles. The molecule has 25 heavy (non-hydrogen) atoms. The van der Waals surface area contributed by atoms with Crippen molar-refractivity contribution in [2.45, 2.75) is 25.5 Å². The van der Waals surface area contributed by atoms with Crippen molar-refractivity contribution >= 4 is 6.03 Å². The molecule has 2 heterocycles. The summed E-state index contributed by atoms with van der Waals surface area (Å²) in [6.45, 7) is 1.59. The third kappa shape index (κ3) is 4.54. The number of rotatable bonds is 4. The van der Waals surface area contributed by atoms with Crippen molar-refractivity contribution < 1.29 is 14.3 Å². The van der Waals surface area contributed by atoms with E-state index in [9.17, 15) is 14.3 Å². The number of piperidine rings is 1. The molecule has 132 valence electrons. The summed E-state index contributed by atoms with van der Waals surface area (Å²) in [4.78, 5) is 18.2. The fourth-order valence-electron chi connectivity index (χ4n) is 3.13. The molecule has 1 aromatic carbocycles. The molecular weight excluding hydrogens is 321 g/mol. The lowest BCUT2D eigenvalue weighted by Crippen LogP contribution is -2.45. The summed E-state index contributed by atoms with van der Waals surface area (Å²) in [5, 5.41) is 13.3. The van der Waals surface area contributed by atoms with Crippen LogP contribution < -0.4 is 5.32 Å². The van der Waals surface area contributed by atoms with Gasteiger partial charge >= 0.3 is 6.03 Å². The largest absolute Gasteiger partial charge is 0.388 e. The third-order valence-electron chi connectivity index (χ3n) is 4.63. The molecular formula is C19H22FN3O2. The molecule has 6 heteroatoms. The second-order valence-corrected chi connectivity index (χ2v) is 6.30. The molecule has 1 fully saturated rings. The molecule has 0 spiro atoms. The molecule has 1 unspecified atom stereocenters. The van der Waals surface area contributed by atoms with E-state index in [0.717, 1.165) is 24.1 Å². The quantitative estimate of drug-likeness (QED) is 0.897. The van der Waals surface area contributed by atoms with Crippen molar-refractivity contribution in [3.05, 3.63) is 65.7 Å². The van der Waals surface area contributed by atoms with E-state index in [1.54, 1.807) is 23.2 Å². The lowest BCUT2D eigenvalue weighted by atomic mass is 9.87. The van der Waals surface area contributed by atoms with Gasteiger partial charge in [-0.3, -0.25) is 4.98 Å². The molecule has 2 N–H and O–H groups in total. The van der Waals surface area contributed by atoms with Crippen LogP contribution in [0.3, 0.4) is 0 Å². The average molecular weight is 343 g/mol. The molecule has 3 rings (SSSR count). The van der Waals surface area contributed by atoms with E-state index in [1.807, 2.05) is 18.2 Å². The summed E-state index contributed by atoms with van der Waals surface area (Å²) >= 11 is 0. The second kappa shape index (κ2) is 8.07. The van der Waals surface area contributed by atoms with Gasteiger partial charge in [-0.2, -0.15) is 0 Å². The van der Waals surface area contributed by atoms with Gasteiger partial charge in [0.05, 0.1) is 18.3 Å². The van der Waals surface area contributed by atoms with E-state index in [2.05, 4.69) is 10.3 Å². The molecule has 1 atom stereocenters. The van der Waals surface area contributed by atoms with Gasteiger partial charge in [-0.05, 0) is 48.6 Å². The highest BCUT2D eigenvalue weighted by Crippen LogP contribution is 2.30. The molecule has 1 aliphatic heterocycles. The maximum Gasteiger partial charge on any atom is 0.317 e. The van der Waals surface area contributed by atoms with Crippen molar-refractivity contribution in [2.75, 3.05) is 13.1 Å². The van der Waals surface area contributed by atoms with Crippen LogP contribution in [0.4, 0.5) is 9.18 Å². The monoisotopic (exact) mass is 343 g/mol. The Morgan fingerprint density at radius 3 is 2.60 bits per heavy atom. The van der Waals surface area contributed by atoms with E-state index in [1.165, 1.54) is 12.1 Å². The normalized spacial score (nSPS) is 16.5. The number of hydrogen-bond acceptors (Lipinski definition) is 3. The topological polar surface area (TPSA) is 65.5 Å². The molecule has 0 radical (unpaired) electrons. The number of halogens is 1. The fourth-order valence-corrected chi connectivity index (χ4v) is 3.13. The number of urea groups is 1. The van der Waals surface area contributed by atoms with Crippen LogP contribution in [0, 0.1) is 11.7 Å². The number of aliphatic hydroxyl groups is 1. The number of carbonyl (C=O) groups excluding carboxylic acids is 1. The van der Waals surface area contributed by atoms with Gasteiger partial charge in [0, 0.05) is 19.3 Å². The summed E-state index contributed by atoms with van der Waals surface area (Å²) in [7, 11) is 0. The van der Waals surface area contributed by atoms with Gasteiger partial charge in [-0.1, -0.05) is 18.2 Å². The van der Waals surface area contributed by atoms with Crippen molar-refractivity contribution in [1.82, 2.24) is 15.2 Å². The minimum Gasteiger partial charge on any atom is -0.388 e. The Bertz CT molecular complexity index is 686. The van der Waals surface area contributed by atoms with Crippen molar-refractivity contribution in [3.63, 3.8) is 0 Å². The summed E-state index contributed by atoms with van der Waals surface area (Å²) in [6.07, 6.45) is 2.51. The highest BCUT2D eigenvalue weighted by Gasteiger charge is 2.28. The molecule has 2 amide bonds. The minimum atomic E-state index is -0.626.